The SMILES string of the molecule is C=CCOc1ccccc1C(=O)[C@@H]1[C@@H](C(=O)c2ccccc2Cl)N2C=Cc3ccccc3[C@@H]2[C@]12C(=O)Nc1ccccc12. The maximum absolute atomic E-state index is 15.1. The number of para-hydroxylation sites is 2. The molecule has 1 saturated heterocycles. The Morgan fingerprint density at radius 2 is 1.60 bits per heavy atom. The van der Waals surface area contributed by atoms with Crippen molar-refractivity contribution in [3.05, 3.63) is 149 Å². The lowest BCUT2D eigenvalue weighted by Gasteiger charge is -2.38. The highest BCUT2D eigenvalue weighted by molar-refractivity contribution is 6.34. The van der Waals surface area contributed by atoms with E-state index in [0.717, 1.165) is 11.1 Å². The van der Waals surface area contributed by atoms with Crippen molar-refractivity contribution >= 4 is 40.8 Å². The van der Waals surface area contributed by atoms with Crippen LogP contribution in [0.4, 0.5) is 5.69 Å². The molecule has 1 N–H and O–H groups in total. The first kappa shape index (κ1) is 26.9. The number of nitrogens with one attached hydrogen (secondary N) is 1. The van der Waals surface area contributed by atoms with Crippen LogP contribution in [-0.2, 0) is 10.2 Å². The molecule has 0 unspecified atom stereocenters. The third kappa shape index (κ3) is 3.90. The van der Waals surface area contributed by atoms with Crippen LogP contribution in [0.1, 0.15) is 43.4 Å². The monoisotopic (exact) mass is 586 g/mol. The lowest BCUT2D eigenvalue weighted by molar-refractivity contribution is -0.122. The van der Waals surface area contributed by atoms with Gasteiger partial charge in [-0.05, 0) is 53.1 Å². The Kier molecular flexibility index (Phi) is 6.51. The van der Waals surface area contributed by atoms with Crippen molar-refractivity contribution in [3.8, 4) is 5.75 Å². The third-order valence-corrected chi connectivity index (χ3v) is 9.10. The van der Waals surface area contributed by atoms with Crippen molar-refractivity contribution in [1.82, 2.24) is 4.90 Å². The van der Waals surface area contributed by atoms with E-state index in [0.29, 0.717) is 22.6 Å². The fraction of sp³-hybridized carbons (Fsp3) is 0.139. The van der Waals surface area contributed by atoms with Crippen LogP contribution in [0.2, 0.25) is 5.02 Å². The minimum absolute atomic E-state index is 0.191. The molecule has 0 saturated carbocycles. The molecule has 3 heterocycles. The highest BCUT2D eigenvalue weighted by Crippen LogP contribution is 2.62. The predicted octanol–water partition coefficient (Wildman–Crippen LogP) is 6.89. The molecule has 212 valence electrons. The molecule has 1 amide bonds. The molecule has 4 atom stereocenters. The van der Waals surface area contributed by atoms with Crippen LogP contribution in [0.15, 0.2) is 116 Å². The normalized spacial score (nSPS) is 22.9. The van der Waals surface area contributed by atoms with Gasteiger partial charge in [-0.25, -0.2) is 0 Å². The van der Waals surface area contributed by atoms with E-state index in [1.807, 2.05) is 65.7 Å². The number of hydrogen-bond donors (Lipinski definition) is 1. The summed E-state index contributed by atoms with van der Waals surface area (Å²) < 4.78 is 5.92. The zero-order valence-electron chi connectivity index (χ0n) is 23.1. The Morgan fingerprint density at radius 3 is 2.42 bits per heavy atom. The van der Waals surface area contributed by atoms with Gasteiger partial charge in [0.2, 0.25) is 5.91 Å². The molecule has 1 fully saturated rings. The molecular weight excluding hydrogens is 560 g/mol. The lowest BCUT2D eigenvalue weighted by atomic mass is 9.62. The molecule has 0 aromatic heterocycles. The van der Waals surface area contributed by atoms with E-state index in [9.17, 15) is 9.59 Å². The molecule has 0 radical (unpaired) electrons. The van der Waals surface area contributed by atoms with Crippen molar-refractivity contribution in [3.63, 3.8) is 0 Å². The summed E-state index contributed by atoms with van der Waals surface area (Å²) in [5.41, 5.74) is 2.23. The van der Waals surface area contributed by atoms with E-state index in [1.165, 1.54) is 0 Å². The fourth-order valence-electron chi connectivity index (χ4n) is 7.10. The van der Waals surface area contributed by atoms with Crippen molar-refractivity contribution in [2.24, 2.45) is 5.92 Å². The summed E-state index contributed by atoms with van der Waals surface area (Å²) in [6.07, 6.45) is 5.37. The maximum atomic E-state index is 15.1. The molecule has 43 heavy (non-hydrogen) atoms. The van der Waals surface area contributed by atoms with E-state index in [1.54, 1.807) is 54.6 Å². The summed E-state index contributed by atoms with van der Waals surface area (Å²) in [6, 6.07) is 27.3. The third-order valence-electron chi connectivity index (χ3n) is 8.77. The van der Waals surface area contributed by atoms with Crippen LogP contribution in [0.5, 0.6) is 5.75 Å². The first-order valence-corrected chi connectivity index (χ1v) is 14.5. The van der Waals surface area contributed by atoms with Crippen molar-refractivity contribution in [2.45, 2.75) is 17.5 Å². The number of nitrogens with zero attached hydrogens (tertiary/aromatic N) is 1. The summed E-state index contributed by atoms with van der Waals surface area (Å²) in [7, 11) is 0. The molecule has 1 spiro atoms. The molecule has 6 nitrogen and oxygen atoms in total. The Morgan fingerprint density at radius 1 is 0.907 bits per heavy atom. The zero-order valence-corrected chi connectivity index (χ0v) is 23.8. The second kappa shape index (κ2) is 10.4. The number of amides is 1. The first-order valence-electron chi connectivity index (χ1n) is 14.1. The average molecular weight is 587 g/mol. The molecule has 7 heteroatoms. The number of carbonyl (C=O) groups excluding carboxylic acids is 3. The van der Waals surface area contributed by atoms with E-state index >= 15 is 4.79 Å². The number of ketones is 2. The lowest BCUT2D eigenvalue weighted by Crippen LogP contribution is -2.49. The number of anilines is 1. The smallest absolute Gasteiger partial charge is 0.238 e. The molecule has 0 bridgehead atoms. The molecule has 3 aliphatic heterocycles. The number of Topliss-reactive ketones (excluding diaryl/α,β-unsaturated/α-hetero) is 2. The number of hydrogen-bond acceptors (Lipinski definition) is 5. The molecule has 3 aliphatic rings. The van der Waals surface area contributed by atoms with Gasteiger partial charge < -0.3 is 15.0 Å². The van der Waals surface area contributed by atoms with Gasteiger partial charge in [0.25, 0.3) is 0 Å². The number of rotatable bonds is 7. The van der Waals surface area contributed by atoms with Gasteiger partial charge in [-0.3, -0.25) is 14.4 Å². The minimum Gasteiger partial charge on any atom is -0.489 e. The van der Waals surface area contributed by atoms with Crippen LogP contribution in [0.25, 0.3) is 6.08 Å². The molecule has 4 aromatic carbocycles. The summed E-state index contributed by atoms with van der Waals surface area (Å²) in [4.78, 5) is 46.3. The highest BCUT2D eigenvalue weighted by atomic mass is 35.5. The Bertz CT molecular complexity index is 1850. The van der Waals surface area contributed by atoms with Gasteiger partial charge in [0.15, 0.2) is 11.6 Å². The fourth-order valence-corrected chi connectivity index (χ4v) is 7.33. The van der Waals surface area contributed by atoms with Crippen molar-refractivity contribution < 1.29 is 19.1 Å². The summed E-state index contributed by atoms with van der Waals surface area (Å²) in [6.45, 7) is 3.92. The summed E-state index contributed by atoms with van der Waals surface area (Å²) in [5, 5.41) is 3.35. The number of carbonyl (C=O) groups is 3. The Labute approximate surface area is 254 Å². The number of halogens is 1. The maximum Gasteiger partial charge on any atom is 0.238 e. The van der Waals surface area contributed by atoms with Gasteiger partial charge in [-0.1, -0.05) is 91.0 Å². The van der Waals surface area contributed by atoms with Crippen LogP contribution in [0.3, 0.4) is 0 Å². The highest BCUT2D eigenvalue weighted by Gasteiger charge is 2.71. The second-order valence-corrected chi connectivity index (χ2v) is 11.3. The zero-order chi connectivity index (χ0) is 29.7. The van der Waals surface area contributed by atoms with Gasteiger partial charge in [-0.15, -0.1) is 0 Å². The van der Waals surface area contributed by atoms with Gasteiger partial charge in [0.05, 0.1) is 22.5 Å². The van der Waals surface area contributed by atoms with E-state index in [2.05, 4.69) is 11.9 Å². The standard InChI is InChI=1S/C36H27ClN2O4/c1-2-21-43-29-18-10-6-14-25(29)32(40)30-31(33(41)24-13-5-8-16-27(24)37)39-20-19-22-11-3-4-12-23(22)34(39)36(30)26-15-7-9-17-28(26)38-35(36)42/h2-20,30-31,34H,1,21H2,(H,38,42)/t30-,31-,34+,36+/m0/s1. The Hall–Kier alpha value is -4.94. The van der Waals surface area contributed by atoms with Gasteiger partial charge in [-0.2, -0.15) is 0 Å². The predicted molar refractivity (Wildman–Crippen MR) is 166 cm³/mol. The number of benzene rings is 4. The van der Waals surface area contributed by atoms with Gasteiger partial charge >= 0.3 is 0 Å². The average Bonchev–Trinajstić information content (AvgIpc) is 3.52. The molecule has 7 rings (SSSR count). The molecular formula is C36H27ClN2O4. The van der Waals surface area contributed by atoms with Crippen molar-refractivity contribution in [2.75, 3.05) is 11.9 Å². The molecule has 0 aliphatic carbocycles. The number of ether oxygens (including phenoxy) is 1. The van der Waals surface area contributed by atoms with E-state index < -0.39 is 23.4 Å². The van der Waals surface area contributed by atoms with Gasteiger partial charge in [0.1, 0.15) is 23.8 Å². The summed E-state index contributed by atoms with van der Waals surface area (Å²) >= 11 is 6.59. The van der Waals surface area contributed by atoms with E-state index in [4.69, 9.17) is 16.3 Å². The first-order chi connectivity index (χ1) is 21.0. The minimum atomic E-state index is -1.44. The summed E-state index contributed by atoms with van der Waals surface area (Å²) in [5.74, 6) is -1.80. The van der Waals surface area contributed by atoms with Gasteiger partial charge in [0, 0.05) is 17.5 Å². The van der Waals surface area contributed by atoms with Crippen LogP contribution >= 0.6 is 11.6 Å². The quantitative estimate of drug-likeness (QED) is 0.189. The topological polar surface area (TPSA) is 75.7 Å². The second-order valence-electron chi connectivity index (χ2n) is 10.9. The van der Waals surface area contributed by atoms with E-state index in [-0.39, 0.29) is 34.7 Å². The van der Waals surface area contributed by atoms with Crippen LogP contribution < -0.4 is 10.1 Å². The van der Waals surface area contributed by atoms with Crippen molar-refractivity contribution in [1.29, 1.82) is 0 Å². The van der Waals surface area contributed by atoms with Crippen LogP contribution in [0, 0.1) is 5.92 Å². The van der Waals surface area contributed by atoms with Crippen LogP contribution in [-0.4, -0.2) is 35.0 Å². The molecule has 4 aromatic rings. The number of fused-ring (bicyclic) bond motifs is 6. The Balaban J connectivity index is 1.54. The largest absolute Gasteiger partial charge is 0.489 e.